The zero-order valence-electron chi connectivity index (χ0n) is 10.3. The quantitative estimate of drug-likeness (QED) is 0.816. The van der Waals surface area contributed by atoms with Crippen LogP contribution in [0.3, 0.4) is 0 Å². The minimum absolute atomic E-state index is 0.137. The smallest absolute Gasteiger partial charge is 0.228 e. The lowest BCUT2D eigenvalue weighted by Gasteiger charge is -2.10. The van der Waals surface area contributed by atoms with Crippen molar-refractivity contribution in [3.63, 3.8) is 0 Å². The van der Waals surface area contributed by atoms with Crippen LogP contribution in [0.15, 0.2) is 40.9 Å². The minimum Gasteiger partial charge on any atom is -0.399 e. The Balaban J connectivity index is 2.13. The number of anilines is 2. The summed E-state index contributed by atoms with van der Waals surface area (Å²) in [6, 6.07) is 9.43. The van der Waals surface area contributed by atoms with Crippen molar-refractivity contribution >= 4 is 44.8 Å². The van der Waals surface area contributed by atoms with Crippen molar-refractivity contribution in [1.29, 1.82) is 0 Å². The Labute approximate surface area is 129 Å². The number of hydrogen-bond acceptors (Lipinski definition) is 2. The van der Waals surface area contributed by atoms with Gasteiger partial charge in [0.15, 0.2) is 0 Å². The van der Waals surface area contributed by atoms with Gasteiger partial charge in [-0.05, 0) is 45.8 Å². The first-order valence-electron chi connectivity index (χ1n) is 5.74. The van der Waals surface area contributed by atoms with Crippen LogP contribution < -0.4 is 11.1 Å². The van der Waals surface area contributed by atoms with E-state index in [-0.39, 0.29) is 17.4 Å². The van der Waals surface area contributed by atoms with Gasteiger partial charge in [-0.1, -0.05) is 23.7 Å². The fraction of sp³-hybridized carbons (Fsp3) is 0.0714. The number of carbonyl (C=O) groups is 1. The van der Waals surface area contributed by atoms with Gasteiger partial charge in [0.05, 0.1) is 17.1 Å². The predicted octanol–water partition coefficient (Wildman–Crippen LogP) is 4.01. The SMILES string of the molecule is Nc1cccc(CC(=O)Nc2c(Cl)cc(F)cc2Br)c1. The van der Waals surface area contributed by atoms with Crippen molar-refractivity contribution in [3.8, 4) is 0 Å². The molecule has 0 aliphatic carbocycles. The highest BCUT2D eigenvalue weighted by Crippen LogP contribution is 2.31. The average Bonchev–Trinajstić information content (AvgIpc) is 2.33. The Kier molecular flexibility index (Phi) is 4.62. The molecular formula is C14H11BrClFN2O. The molecule has 0 aromatic heterocycles. The molecule has 0 radical (unpaired) electrons. The maximum atomic E-state index is 13.1. The Morgan fingerprint density at radius 2 is 2.10 bits per heavy atom. The number of carbonyl (C=O) groups excluding carboxylic acids is 1. The van der Waals surface area contributed by atoms with Crippen molar-refractivity contribution in [1.82, 2.24) is 0 Å². The Hall–Kier alpha value is -1.59. The summed E-state index contributed by atoms with van der Waals surface area (Å²) in [6.07, 6.45) is 0.158. The molecule has 2 aromatic carbocycles. The van der Waals surface area contributed by atoms with E-state index in [1.54, 1.807) is 24.3 Å². The Morgan fingerprint density at radius 1 is 1.35 bits per heavy atom. The van der Waals surface area contributed by atoms with Gasteiger partial charge >= 0.3 is 0 Å². The van der Waals surface area contributed by atoms with Crippen LogP contribution in [-0.4, -0.2) is 5.91 Å². The summed E-state index contributed by atoms with van der Waals surface area (Å²) in [5.41, 5.74) is 7.38. The zero-order valence-corrected chi connectivity index (χ0v) is 12.6. The van der Waals surface area contributed by atoms with Crippen LogP contribution in [0.4, 0.5) is 15.8 Å². The molecule has 0 aliphatic heterocycles. The number of hydrogen-bond donors (Lipinski definition) is 2. The molecule has 1 amide bonds. The third kappa shape index (κ3) is 3.71. The van der Waals surface area contributed by atoms with Crippen LogP contribution in [0.2, 0.25) is 5.02 Å². The highest BCUT2D eigenvalue weighted by atomic mass is 79.9. The summed E-state index contributed by atoms with van der Waals surface area (Å²) in [7, 11) is 0. The molecule has 20 heavy (non-hydrogen) atoms. The summed E-state index contributed by atoms with van der Waals surface area (Å²) in [5.74, 6) is -0.736. The number of nitrogens with one attached hydrogen (secondary N) is 1. The summed E-state index contributed by atoms with van der Waals surface area (Å²) in [5, 5.41) is 2.79. The molecule has 0 atom stereocenters. The second-order valence-corrected chi connectivity index (χ2v) is 5.48. The van der Waals surface area contributed by atoms with Crippen LogP contribution in [0.25, 0.3) is 0 Å². The molecule has 2 aromatic rings. The lowest BCUT2D eigenvalue weighted by Crippen LogP contribution is -2.15. The van der Waals surface area contributed by atoms with Crippen molar-refractivity contribution in [2.45, 2.75) is 6.42 Å². The molecule has 0 heterocycles. The van der Waals surface area contributed by atoms with Crippen molar-refractivity contribution in [2.24, 2.45) is 0 Å². The molecule has 0 fully saturated rings. The van der Waals surface area contributed by atoms with E-state index in [9.17, 15) is 9.18 Å². The second-order valence-electron chi connectivity index (χ2n) is 4.21. The van der Waals surface area contributed by atoms with Gasteiger partial charge in [0.2, 0.25) is 5.91 Å². The molecular weight excluding hydrogens is 347 g/mol. The highest BCUT2D eigenvalue weighted by molar-refractivity contribution is 9.10. The van der Waals surface area contributed by atoms with Crippen LogP contribution in [-0.2, 0) is 11.2 Å². The van der Waals surface area contributed by atoms with Crippen molar-refractivity contribution < 1.29 is 9.18 Å². The normalized spacial score (nSPS) is 10.3. The fourth-order valence-electron chi connectivity index (χ4n) is 1.73. The van der Waals surface area contributed by atoms with E-state index in [1.807, 2.05) is 0 Å². The summed E-state index contributed by atoms with van der Waals surface area (Å²) in [4.78, 5) is 12.0. The van der Waals surface area contributed by atoms with Gasteiger partial charge in [-0.15, -0.1) is 0 Å². The van der Waals surface area contributed by atoms with E-state index in [0.29, 0.717) is 15.8 Å². The average molecular weight is 358 g/mol. The van der Waals surface area contributed by atoms with Crippen molar-refractivity contribution in [2.75, 3.05) is 11.1 Å². The molecule has 0 aliphatic rings. The van der Waals surface area contributed by atoms with E-state index in [4.69, 9.17) is 17.3 Å². The van der Waals surface area contributed by atoms with Gasteiger partial charge in [-0.3, -0.25) is 4.79 Å². The van der Waals surface area contributed by atoms with Crippen LogP contribution in [0.5, 0.6) is 0 Å². The molecule has 104 valence electrons. The van der Waals surface area contributed by atoms with E-state index in [1.165, 1.54) is 6.07 Å². The third-order valence-corrected chi connectivity index (χ3v) is 3.51. The molecule has 2 rings (SSSR count). The first-order valence-corrected chi connectivity index (χ1v) is 6.91. The summed E-state index contributed by atoms with van der Waals surface area (Å²) >= 11 is 9.07. The largest absolute Gasteiger partial charge is 0.399 e. The molecule has 3 nitrogen and oxygen atoms in total. The van der Waals surface area contributed by atoms with Crippen LogP contribution in [0, 0.1) is 5.82 Å². The number of halogens is 3. The topological polar surface area (TPSA) is 55.1 Å². The summed E-state index contributed by atoms with van der Waals surface area (Å²) in [6.45, 7) is 0. The van der Waals surface area contributed by atoms with Gasteiger partial charge < -0.3 is 11.1 Å². The van der Waals surface area contributed by atoms with E-state index in [0.717, 1.165) is 11.6 Å². The summed E-state index contributed by atoms with van der Waals surface area (Å²) < 4.78 is 13.5. The fourth-order valence-corrected chi connectivity index (χ4v) is 2.63. The lowest BCUT2D eigenvalue weighted by molar-refractivity contribution is -0.115. The van der Waals surface area contributed by atoms with Gasteiger partial charge in [0.1, 0.15) is 5.82 Å². The van der Waals surface area contributed by atoms with Gasteiger partial charge in [0.25, 0.3) is 0 Å². The molecule has 0 unspecified atom stereocenters. The lowest BCUT2D eigenvalue weighted by atomic mass is 10.1. The third-order valence-electron chi connectivity index (χ3n) is 2.59. The van der Waals surface area contributed by atoms with Crippen molar-refractivity contribution in [3.05, 3.63) is 57.3 Å². The van der Waals surface area contributed by atoms with Gasteiger partial charge in [-0.25, -0.2) is 4.39 Å². The first kappa shape index (κ1) is 14.8. The molecule has 0 saturated carbocycles. The second kappa shape index (κ2) is 6.24. The van der Waals surface area contributed by atoms with Crippen LogP contribution >= 0.6 is 27.5 Å². The molecule has 0 saturated heterocycles. The maximum Gasteiger partial charge on any atom is 0.228 e. The van der Waals surface area contributed by atoms with E-state index < -0.39 is 5.82 Å². The Morgan fingerprint density at radius 3 is 2.75 bits per heavy atom. The molecule has 6 heteroatoms. The number of amides is 1. The highest BCUT2D eigenvalue weighted by Gasteiger charge is 2.12. The number of nitrogen functional groups attached to an aromatic ring is 1. The molecule has 0 spiro atoms. The van der Waals surface area contributed by atoms with E-state index >= 15 is 0 Å². The van der Waals surface area contributed by atoms with E-state index in [2.05, 4.69) is 21.2 Å². The number of benzene rings is 2. The van der Waals surface area contributed by atoms with Crippen LogP contribution in [0.1, 0.15) is 5.56 Å². The minimum atomic E-state index is -0.476. The standard InChI is InChI=1S/C14H11BrClFN2O/c15-11-6-9(17)7-12(16)14(11)19-13(20)5-8-2-1-3-10(18)4-8/h1-4,6-7H,5,18H2,(H,19,20). The first-order chi connectivity index (χ1) is 9.45. The maximum absolute atomic E-state index is 13.1. The monoisotopic (exact) mass is 356 g/mol. The molecule has 3 N–H and O–H groups in total. The zero-order chi connectivity index (χ0) is 14.7. The Bertz CT molecular complexity index is 640. The van der Waals surface area contributed by atoms with Gasteiger partial charge in [0, 0.05) is 10.2 Å². The number of rotatable bonds is 3. The van der Waals surface area contributed by atoms with Gasteiger partial charge in [-0.2, -0.15) is 0 Å². The molecule has 0 bridgehead atoms. The predicted molar refractivity (Wildman–Crippen MR) is 82.3 cm³/mol. The number of nitrogens with two attached hydrogens (primary N) is 1.